The van der Waals surface area contributed by atoms with Gasteiger partial charge in [0.25, 0.3) is 0 Å². The van der Waals surface area contributed by atoms with Crippen LogP contribution in [-0.4, -0.2) is 96.7 Å². The van der Waals surface area contributed by atoms with Crippen LogP contribution in [0.25, 0.3) is 0 Å². The van der Waals surface area contributed by atoms with Crippen LogP contribution in [0.5, 0.6) is 0 Å². The van der Waals surface area contributed by atoms with Gasteiger partial charge in [0.15, 0.2) is 12.2 Å². The topological polar surface area (TPSA) is 237 Å². The monoisotopic (exact) mass is 1440 g/mol. The SMILES string of the molecule is CCC(C)CCCCCCCCC(=O)OC[C@H](COP(=O)(O)OC[C@H](O)COP(=O)(O)OC[C@@H](COC(=O)CCCCCCCCCCCCCCCCC(C)C)OC(=O)CCCCCCCCCCCCCCCCCCCCC(C)C)OC(=O)CCCCCCCCC(C)CC. The fourth-order valence-corrected chi connectivity index (χ4v) is 13.6. The van der Waals surface area contributed by atoms with Gasteiger partial charge in [0.05, 0.1) is 26.4 Å². The summed E-state index contributed by atoms with van der Waals surface area (Å²) in [6.45, 7) is 14.2. The highest BCUT2D eigenvalue weighted by Gasteiger charge is 2.30. The van der Waals surface area contributed by atoms with E-state index in [4.69, 9.17) is 37.0 Å². The average molecular weight is 1440 g/mol. The highest BCUT2D eigenvalue weighted by atomic mass is 31.2. The predicted molar refractivity (Wildman–Crippen MR) is 400 cm³/mol. The van der Waals surface area contributed by atoms with Crippen molar-refractivity contribution in [3.63, 3.8) is 0 Å². The Balaban J connectivity index is 5.21. The normalized spacial score (nSPS) is 14.6. The molecule has 0 saturated heterocycles. The minimum atomic E-state index is -4.96. The summed E-state index contributed by atoms with van der Waals surface area (Å²) in [6, 6.07) is 0. The Morgan fingerprint density at radius 3 is 0.724 bits per heavy atom. The van der Waals surface area contributed by atoms with Crippen molar-refractivity contribution in [3.8, 4) is 0 Å². The number of aliphatic hydroxyl groups is 1. The Morgan fingerprint density at radius 1 is 0.286 bits per heavy atom. The molecule has 19 heteroatoms. The summed E-state index contributed by atoms with van der Waals surface area (Å²) in [5.74, 6) is 0.949. The van der Waals surface area contributed by atoms with E-state index < -0.39 is 97.5 Å². The first-order valence-corrected chi connectivity index (χ1v) is 43.8. The zero-order valence-corrected chi connectivity index (χ0v) is 66.2. The molecule has 7 atom stereocenters. The molecule has 0 aliphatic rings. The van der Waals surface area contributed by atoms with Gasteiger partial charge < -0.3 is 33.8 Å². The Morgan fingerprint density at radius 2 is 0.490 bits per heavy atom. The Bertz CT molecular complexity index is 1920. The summed E-state index contributed by atoms with van der Waals surface area (Å²) in [5, 5.41) is 10.6. The van der Waals surface area contributed by atoms with Crippen LogP contribution in [0.1, 0.15) is 402 Å². The van der Waals surface area contributed by atoms with Gasteiger partial charge in [-0.15, -0.1) is 0 Å². The number of unbranched alkanes of at least 4 members (excludes halogenated alkanes) is 40. The van der Waals surface area contributed by atoms with Crippen LogP contribution in [-0.2, 0) is 65.4 Å². The molecule has 0 amide bonds. The van der Waals surface area contributed by atoms with Crippen molar-refractivity contribution < 1.29 is 80.2 Å². The Hall–Kier alpha value is -1.94. The molecule has 0 aromatic carbocycles. The van der Waals surface area contributed by atoms with Crippen LogP contribution >= 0.6 is 15.6 Å². The fraction of sp³-hybridized carbons (Fsp3) is 0.949. The molecule has 3 N–H and O–H groups in total. The van der Waals surface area contributed by atoms with Crippen LogP contribution in [0.15, 0.2) is 0 Å². The lowest BCUT2D eigenvalue weighted by atomic mass is 10.00. The number of esters is 4. The number of hydrogen-bond donors (Lipinski definition) is 3. The van der Waals surface area contributed by atoms with Gasteiger partial charge >= 0.3 is 39.5 Å². The van der Waals surface area contributed by atoms with E-state index in [1.807, 2.05) is 0 Å². The molecule has 582 valence electrons. The first-order valence-electron chi connectivity index (χ1n) is 40.8. The van der Waals surface area contributed by atoms with E-state index in [-0.39, 0.29) is 25.7 Å². The highest BCUT2D eigenvalue weighted by Crippen LogP contribution is 2.45. The molecule has 0 radical (unpaired) electrons. The van der Waals surface area contributed by atoms with Gasteiger partial charge in [-0.05, 0) is 49.4 Å². The molecule has 0 aliphatic heterocycles. The third-order valence-electron chi connectivity index (χ3n) is 19.0. The third-order valence-corrected chi connectivity index (χ3v) is 20.9. The van der Waals surface area contributed by atoms with Crippen molar-refractivity contribution in [3.05, 3.63) is 0 Å². The molecule has 4 unspecified atom stereocenters. The molecule has 0 aromatic heterocycles. The van der Waals surface area contributed by atoms with E-state index >= 15 is 0 Å². The largest absolute Gasteiger partial charge is 0.472 e. The zero-order valence-electron chi connectivity index (χ0n) is 64.4. The molecule has 17 nitrogen and oxygen atoms in total. The molecule has 0 bridgehead atoms. The molecule has 0 fully saturated rings. The van der Waals surface area contributed by atoms with E-state index in [9.17, 15) is 43.2 Å². The Kier molecular flexibility index (Phi) is 66.8. The van der Waals surface area contributed by atoms with Crippen molar-refractivity contribution in [1.29, 1.82) is 0 Å². The highest BCUT2D eigenvalue weighted by molar-refractivity contribution is 7.47. The molecule has 0 saturated carbocycles. The lowest BCUT2D eigenvalue weighted by molar-refractivity contribution is -0.161. The van der Waals surface area contributed by atoms with Crippen LogP contribution in [0, 0.1) is 23.7 Å². The van der Waals surface area contributed by atoms with Gasteiger partial charge in [0.2, 0.25) is 0 Å². The number of aliphatic hydroxyl groups excluding tert-OH is 1. The standard InChI is InChI=1S/C79H154O17P2/c1-9-71(7)57-49-41-35-37-44-52-60-77(82)90-66-75(96-79(84)62-54-46-38-36-42-50-58-72(8)10-2)68-94-98(87,88)92-64-73(80)63-91-97(85,86)93-67-74(65-89-76(81)59-51-43-33-29-25-21-18-17-20-24-28-32-40-48-56-70(5)6)95-78(83)61-53-45-34-30-26-22-16-14-12-11-13-15-19-23-27-31-39-47-55-69(3)4/h69-75,80H,9-68H2,1-8H3,(H,85,86)(H,87,88)/t71?,72?,73-,74-,75-/m1/s1. The quantitative estimate of drug-likeness (QED) is 0.0222. The average Bonchev–Trinajstić information content (AvgIpc) is 1.09. The summed E-state index contributed by atoms with van der Waals surface area (Å²) >= 11 is 0. The summed E-state index contributed by atoms with van der Waals surface area (Å²) in [4.78, 5) is 72.9. The molecule has 0 aliphatic carbocycles. The molecule has 98 heavy (non-hydrogen) atoms. The maximum Gasteiger partial charge on any atom is 0.472 e. The maximum absolute atomic E-state index is 13.1. The molecule has 0 aromatic rings. The number of rotatable bonds is 76. The van der Waals surface area contributed by atoms with Crippen LogP contribution in [0.2, 0.25) is 0 Å². The summed E-state index contributed by atoms with van der Waals surface area (Å²) in [7, 11) is -9.92. The van der Waals surface area contributed by atoms with Gasteiger partial charge in [-0.2, -0.15) is 0 Å². The van der Waals surface area contributed by atoms with Crippen molar-refractivity contribution >= 4 is 39.5 Å². The lowest BCUT2D eigenvalue weighted by Gasteiger charge is -2.21. The van der Waals surface area contributed by atoms with Crippen molar-refractivity contribution in [2.24, 2.45) is 23.7 Å². The maximum atomic E-state index is 13.1. The van der Waals surface area contributed by atoms with E-state index in [2.05, 4.69) is 55.4 Å². The molecule has 0 heterocycles. The van der Waals surface area contributed by atoms with E-state index in [0.29, 0.717) is 25.7 Å². The number of ether oxygens (including phenoxy) is 4. The predicted octanol–water partition coefficient (Wildman–Crippen LogP) is 23.2. The second-order valence-electron chi connectivity index (χ2n) is 29.9. The van der Waals surface area contributed by atoms with Gasteiger partial charge in [-0.25, -0.2) is 9.13 Å². The van der Waals surface area contributed by atoms with Crippen molar-refractivity contribution in [2.75, 3.05) is 39.6 Å². The van der Waals surface area contributed by atoms with Crippen LogP contribution in [0.3, 0.4) is 0 Å². The Labute approximate surface area is 600 Å². The number of phosphoric acid groups is 2. The minimum Gasteiger partial charge on any atom is -0.462 e. The van der Waals surface area contributed by atoms with Gasteiger partial charge in [0, 0.05) is 25.7 Å². The summed E-state index contributed by atoms with van der Waals surface area (Å²) in [5.41, 5.74) is 0. The van der Waals surface area contributed by atoms with Crippen molar-refractivity contribution in [2.45, 2.75) is 420 Å². The first-order chi connectivity index (χ1) is 47.2. The van der Waals surface area contributed by atoms with E-state index in [1.54, 1.807) is 0 Å². The molecule has 0 spiro atoms. The van der Waals surface area contributed by atoms with E-state index in [0.717, 1.165) is 120 Å². The van der Waals surface area contributed by atoms with E-state index in [1.165, 1.54) is 199 Å². The second kappa shape index (κ2) is 68.2. The summed E-state index contributed by atoms with van der Waals surface area (Å²) in [6.07, 6.45) is 54.3. The lowest BCUT2D eigenvalue weighted by Crippen LogP contribution is -2.30. The molecular weight excluding hydrogens is 1280 g/mol. The fourth-order valence-electron chi connectivity index (χ4n) is 12.0. The summed E-state index contributed by atoms with van der Waals surface area (Å²) < 4.78 is 68.6. The number of carbonyl (C=O) groups is 4. The van der Waals surface area contributed by atoms with Crippen LogP contribution in [0.4, 0.5) is 0 Å². The van der Waals surface area contributed by atoms with Crippen molar-refractivity contribution in [1.82, 2.24) is 0 Å². The number of carbonyl (C=O) groups excluding carboxylic acids is 4. The number of phosphoric ester groups is 2. The number of hydrogen-bond acceptors (Lipinski definition) is 15. The zero-order chi connectivity index (χ0) is 72.4. The first kappa shape index (κ1) is 96.1. The molecular formula is C79H154O17P2. The third kappa shape index (κ3) is 69.8. The smallest absolute Gasteiger partial charge is 0.462 e. The second-order valence-corrected chi connectivity index (χ2v) is 32.8. The van der Waals surface area contributed by atoms with Gasteiger partial charge in [0.1, 0.15) is 19.3 Å². The van der Waals surface area contributed by atoms with Gasteiger partial charge in [-0.1, -0.05) is 351 Å². The van der Waals surface area contributed by atoms with Gasteiger partial charge in [-0.3, -0.25) is 37.3 Å². The van der Waals surface area contributed by atoms with Crippen LogP contribution < -0.4 is 0 Å². The minimum absolute atomic E-state index is 0.102. The molecule has 0 rings (SSSR count).